The molecule has 1 heterocycles. The standard InChI is InChI=1S/C18H26N4OS/c1-5-15-12-21-17(24-15)8-9-20-18(19-3)22-11-14-7-6-13(2)16(10-14)23-4/h6-7,10,12H,5,8-9,11H2,1-4H3,(H2,19,20,22). The van der Waals surface area contributed by atoms with Crippen LogP contribution in [0, 0.1) is 6.92 Å². The van der Waals surface area contributed by atoms with Gasteiger partial charge < -0.3 is 15.4 Å². The van der Waals surface area contributed by atoms with Gasteiger partial charge in [0.1, 0.15) is 5.75 Å². The predicted molar refractivity (Wildman–Crippen MR) is 101 cm³/mol. The summed E-state index contributed by atoms with van der Waals surface area (Å²) in [6.45, 7) is 5.71. The molecule has 0 spiro atoms. The Balaban J connectivity index is 1.80. The minimum absolute atomic E-state index is 0.702. The Morgan fingerprint density at radius 3 is 2.83 bits per heavy atom. The summed E-state index contributed by atoms with van der Waals surface area (Å²) in [5.74, 6) is 1.70. The number of methoxy groups -OCH3 is 1. The van der Waals surface area contributed by atoms with E-state index in [1.54, 1.807) is 25.5 Å². The molecule has 2 N–H and O–H groups in total. The van der Waals surface area contributed by atoms with Gasteiger partial charge >= 0.3 is 0 Å². The molecular formula is C18H26N4OS. The summed E-state index contributed by atoms with van der Waals surface area (Å²) in [6.07, 6.45) is 3.93. The molecule has 0 bridgehead atoms. The second kappa shape index (κ2) is 9.27. The Labute approximate surface area is 148 Å². The molecule has 6 heteroatoms. The summed E-state index contributed by atoms with van der Waals surface area (Å²) in [4.78, 5) is 10.0. The fourth-order valence-electron chi connectivity index (χ4n) is 2.30. The van der Waals surface area contributed by atoms with Gasteiger partial charge in [0.2, 0.25) is 0 Å². The maximum Gasteiger partial charge on any atom is 0.191 e. The van der Waals surface area contributed by atoms with E-state index in [-0.39, 0.29) is 0 Å². The summed E-state index contributed by atoms with van der Waals surface area (Å²) >= 11 is 1.78. The second-order valence-electron chi connectivity index (χ2n) is 5.48. The molecule has 24 heavy (non-hydrogen) atoms. The van der Waals surface area contributed by atoms with Crippen molar-refractivity contribution >= 4 is 17.3 Å². The number of aliphatic imine (C=N–C) groups is 1. The first kappa shape index (κ1) is 18.3. The minimum Gasteiger partial charge on any atom is -0.496 e. The van der Waals surface area contributed by atoms with Gasteiger partial charge in [-0.25, -0.2) is 4.98 Å². The van der Waals surface area contributed by atoms with Crippen molar-refractivity contribution in [2.24, 2.45) is 4.99 Å². The molecule has 0 saturated carbocycles. The van der Waals surface area contributed by atoms with Crippen molar-refractivity contribution in [3.8, 4) is 5.75 Å². The van der Waals surface area contributed by atoms with E-state index in [0.717, 1.165) is 47.2 Å². The highest BCUT2D eigenvalue weighted by Gasteiger charge is 2.04. The van der Waals surface area contributed by atoms with Crippen LogP contribution in [-0.4, -0.2) is 31.6 Å². The van der Waals surface area contributed by atoms with Gasteiger partial charge in [-0.3, -0.25) is 4.99 Å². The van der Waals surface area contributed by atoms with Crippen molar-refractivity contribution in [2.75, 3.05) is 20.7 Å². The second-order valence-corrected chi connectivity index (χ2v) is 6.68. The zero-order valence-corrected chi connectivity index (χ0v) is 15.7. The first-order chi connectivity index (χ1) is 11.7. The normalized spacial score (nSPS) is 11.4. The first-order valence-corrected chi connectivity index (χ1v) is 8.99. The summed E-state index contributed by atoms with van der Waals surface area (Å²) in [5, 5.41) is 7.82. The largest absolute Gasteiger partial charge is 0.496 e. The van der Waals surface area contributed by atoms with Gasteiger partial charge in [0.15, 0.2) is 5.96 Å². The first-order valence-electron chi connectivity index (χ1n) is 8.17. The van der Waals surface area contributed by atoms with Gasteiger partial charge in [0, 0.05) is 37.6 Å². The van der Waals surface area contributed by atoms with Crippen LogP contribution in [0.2, 0.25) is 0 Å². The van der Waals surface area contributed by atoms with Crippen LogP contribution in [0.15, 0.2) is 29.4 Å². The maximum atomic E-state index is 5.36. The quantitative estimate of drug-likeness (QED) is 0.598. The number of nitrogens with one attached hydrogen (secondary N) is 2. The smallest absolute Gasteiger partial charge is 0.191 e. The average molecular weight is 347 g/mol. The third-order valence-corrected chi connectivity index (χ3v) is 4.94. The minimum atomic E-state index is 0.702. The van der Waals surface area contributed by atoms with E-state index in [1.165, 1.54) is 4.88 Å². The summed E-state index contributed by atoms with van der Waals surface area (Å²) in [7, 11) is 3.48. The van der Waals surface area contributed by atoms with E-state index >= 15 is 0 Å². The number of rotatable bonds is 7. The van der Waals surface area contributed by atoms with Crippen molar-refractivity contribution < 1.29 is 4.74 Å². The van der Waals surface area contributed by atoms with Crippen LogP contribution in [0.1, 0.15) is 27.9 Å². The molecule has 0 unspecified atom stereocenters. The van der Waals surface area contributed by atoms with Gasteiger partial charge in [-0.15, -0.1) is 11.3 Å². The van der Waals surface area contributed by atoms with Crippen LogP contribution >= 0.6 is 11.3 Å². The van der Waals surface area contributed by atoms with Gasteiger partial charge in [-0.1, -0.05) is 19.1 Å². The van der Waals surface area contributed by atoms with E-state index in [1.807, 2.05) is 13.1 Å². The van der Waals surface area contributed by atoms with Crippen molar-refractivity contribution in [3.63, 3.8) is 0 Å². The van der Waals surface area contributed by atoms with Crippen LogP contribution in [0.4, 0.5) is 0 Å². The number of benzene rings is 1. The number of guanidine groups is 1. The molecule has 0 aliphatic carbocycles. The fourth-order valence-corrected chi connectivity index (χ4v) is 3.16. The Kier molecular flexibility index (Phi) is 7.06. The number of ether oxygens (including phenoxy) is 1. The molecule has 5 nitrogen and oxygen atoms in total. The molecule has 0 atom stereocenters. The number of thiazole rings is 1. The van der Waals surface area contributed by atoms with Crippen molar-refractivity contribution in [1.82, 2.24) is 15.6 Å². The zero-order chi connectivity index (χ0) is 17.4. The fraction of sp³-hybridized carbons (Fsp3) is 0.444. The molecule has 0 saturated heterocycles. The van der Waals surface area contributed by atoms with E-state index in [0.29, 0.717) is 6.54 Å². The van der Waals surface area contributed by atoms with Crippen LogP contribution in [0.25, 0.3) is 0 Å². The Morgan fingerprint density at radius 2 is 2.17 bits per heavy atom. The predicted octanol–water partition coefficient (Wildman–Crippen LogP) is 2.93. The Hall–Kier alpha value is -2.08. The molecule has 0 fully saturated rings. The van der Waals surface area contributed by atoms with Gasteiger partial charge in [0.05, 0.1) is 12.1 Å². The molecule has 0 aliphatic rings. The van der Waals surface area contributed by atoms with Gasteiger partial charge in [0.25, 0.3) is 0 Å². The number of hydrogen-bond acceptors (Lipinski definition) is 4. The molecule has 0 aliphatic heterocycles. The lowest BCUT2D eigenvalue weighted by Gasteiger charge is -2.12. The summed E-state index contributed by atoms with van der Waals surface area (Å²) in [5.41, 5.74) is 2.30. The molecule has 1 aromatic carbocycles. The number of aryl methyl sites for hydroxylation is 2. The highest BCUT2D eigenvalue weighted by Crippen LogP contribution is 2.18. The highest BCUT2D eigenvalue weighted by atomic mass is 32.1. The van der Waals surface area contributed by atoms with Crippen LogP contribution in [0.5, 0.6) is 5.75 Å². The van der Waals surface area contributed by atoms with E-state index in [9.17, 15) is 0 Å². The Bertz CT molecular complexity index is 681. The lowest BCUT2D eigenvalue weighted by molar-refractivity contribution is 0.411. The van der Waals surface area contributed by atoms with Crippen LogP contribution in [0.3, 0.4) is 0 Å². The third kappa shape index (κ3) is 5.23. The van der Waals surface area contributed by atoms with Crippen LogP contribution < -0.4 is 15.4 Å². The van der Waals surface area contributed by atoms with E-state index < -0.39 is 0 Å². The third-order valence-electron chi connectivity index (χ3n) is 3.74. The summed E-state index contributed by atoms with van der Waals surface area (Å²) in [6, 6.07) is 6.22. The summed E-state index contributed by atoms with van der Waals surface area (Å²) < 4.78 is 5.36. The topological polar surface area (TPSA) is 58.5 Å². The van der Waals surface area contributed by atoms with Crippen LogP contribution in [-0.2, 0) is 19.4 Å². The molecule has 0 radical (unpaired) electrons. The molecule has 2 aromatic rings. The number of hydrogen-bond donors (Lipinski definition) is 2. The average Bonchev–Trinajstić information content (AvgIpc) is 3.07. The van der Waals surface area contributed by atoms with Crippen molar-refractivity contribution in [1.29, 1.82) is 0 Å². The molecule has 2 rings (SSSR count). The monoisotopic (exact) mass is 346 g/mol. The molecular weight excluding hydrogens is 320 g/mol. The zero-order valence-electron chi connectivity index (χ0n) is 14.8. The van der Waals surface area contributed by atoms with Crippen molar-refractivity contribution in [3.05, 3.63) is 45.4 Å². The van der Waals surface area contributed by atoms with Gasteiger partial charge in [-0.05, 0) is 30.5 Å². The van der Waals surface area contributed by atoms with Crippen molar-refractivity contribution in [2.45, 2.75) is 33.2 Å². The molecule has 0 amide bonds. The number of aromatic nitrogens is 1. The maximum absolute atomic E-state index is 5.36. The van der Waals surface area contributed by atoms with E-state index in [2.05, 4.69) is 45.7 Å². The molecule has 1 aromatic heterocycles. The lowest BCUT2D eigenvalue weighted by Crippen LogP contribution is -2.37. The highest BCUT2D eigenvalue weighted by molar-refractivity contribution is 7.11. The van der Waals surface area contributed by atoms with Gasteiger partial charge in [-0.2, -0.15) is 0 Å². The van der Waals surface area contributed by atoms with E-state index in [4.69, 9.17) is 4.74 Å². The SMILES string of the molecule is CCc1cnc(CCNC(=NC)NCc2ccc(C)c(OC)c2)s1. The Morgan fingerprint density at radius 1 is 1.33 bits per heavy atom. The number of nitrogens with zero attached hydrogens (tertiary/aromatic N) is 2. The lowest BCUT2D eigenvalue weighted by atomic mass is 10.1. The molecule has 130 valence electrons.